The summed E-state index contributed by atoms with van der Waals surface area (Å²) in [6, 6.07) is 0. The topological polar surface area (TPSA) is 108 Å². The van der Waals surface area contributed by atoms with Gasteiger partial charge >= 0.3 is 19.8 Å². The first kappa shape index (κ1) is 31.0. The Hall–Kier alpha value is -0.990. The molecule has 2 unspecified atom stereocenters. The lowest BCUT2D eigenvalue weighted by Crippen LogP contribution is -2.37. The first-order valence-electron chi connectivity index (χ1n) is 11.8. The number of hydrogen-bond donors (Lipinski definition) is 1. The van der Waals surface area contributed by atoms with Crippen LogP contribution >= 0.6 is 7.82 Å². The third-order valence-electron chi connectivity index (χ3n) is 4.61. The van der Waals surface area contributed by atoms with E-state index in [9.17, 15) is 19.0 Å². The van der Waals surface area contributed by atoms with Crippen LogP contribution in [-0.4, -0.2) is 74.9 Å². The SMILES string of the molecule is CCCCCCCCCC(=O)OC(COC(=O)CCC)COP(=O)(O)OCC[N+](C)(C)C. The molecule has 9 nitrogen and oxygen atoms in total. The second-order valence-electron chi connectivity index (χ2n) is 9.03. The van der Waals surface area contributed by atoms with Gasteiger partial charge in [0.15, 0.2) is 6.10 Å². The van der Waals surface area contributed by atoms with E-state index in [2.05, 4.69) is 6.92 Å². The molecule has 0 bridgehead atoms. The second kappa shape index (κ2) is 17.5. The largest absolute Gasteiger partial charge is 0.472 e. The van der Waals surface area contributed by atoms with E-state index in [-0.39, 0.29) is 26.1 Å². The molecular weight excluding hydrogens is 437 g/mol. The zero-order valence-corrected chi connectivity index (χ0v) is 21.6. The van der Waals surface area contributed by atoms with E-state index < -0.39 is 32.5 Å². The van der Waals surface area contributed by atoms with Gasteiger partial charge in [-0.2, -0.15) is 0 Å². The maximum absolute atomic E-state index is 12.2. The van der Waals surface area contributed by atoms with Gasteiger partial charge in [-0.05, 0) is 12.8 Å². The quantitative estimate of drug-likeness (QED) is 0.119. The molecule has 0 spiro atoms. The zero-order chi connectivity index (χ0) is 24.5. The van der Waals surface area contributed by atoms with Gasteiger partial charge in [0.2, 0.25) is 0 Å². The highest BCUT2D eigenvalue weighted by Gasteiger charge is 2.26. The molecule has 32 heavy (non-hydrogen) atoms. The molecule has 190 valence electrons. The molecule has 0 aliphatic rings. The van der Waals surface area contributed by atoms with Gasteiger partial charge in [0.05, 0.1) is 27.7 Å². The van der Waals surface area contributed by atoms with Crippen LogP contribution in [0.5, 0.6) is 0 Å². The third kappa shape index (κ3) is 19.7. The van der Waals surface area contributed by atoms with E-state index >= 15 is 0 Å². The molecule has 0 aromatic heterocycles. The molecule has 10 heteroatoms. The number of hydrogen-bond acceptors (Lipinski definition) is 7. The van der Waals surface area contributed by atoms with E-state index in [0.717, 1.165) is 19.3 Å². The smallest absolute Gasteiger partial charge is 0.462 e. The predicted octanol–water partition coefficient (Wildman–Crippen LogP) is 4.22. The minimum absolute atomic E-state index is 0.0332. The molecule has 0 aliphatic heterocycles. The van der Waals surface area contributed by atoms with E-state index in [1.165, 1.54) is 19.3 Å². The summed E-state index contributed by atoms with van der Waals surface area (Å²) in [7, 11) is 1.47. The Morgan fingerprint density at radius 3 is 2.06 bits per heavy atom. The van der Waals surface area contributed by atoms with E-state index in [1.807, 2.05) is 28.1 Å². The monoisotopic (exact) mass is 482 g/mol. The maximum atomic E-state index is 12.2. The van der Waals surface area contributed by atoms with Crippen LogP contribution in [0.2, 0.25) is 0 Å². The first-order valence-corrected chi connectivity index (χ1v) is 13.3. The highest BCUT2D eigenvalue weighted by molar-refractivity contribution is 7.47. The summed E-state index contributed by atoms with van der Waals surface area (Å²) in [4.78, 5) is 33.7. The lowest BCUT2D eigenvalue weighted by atomic mass is 10.1. The highest BCUT2D eigenvalue weighted by Crippen LogP contribution is 2.43. The van der Waals surface area contributed by atoms with Crippen molar-refractivity contribution in [2.24, 2.45) is 0 Å². The van der Waals surface area contributed by atoms with Gasteiger partial charge in [-0.3, -0.25) is 18.6 Å². The molecule has 0 aliphatic carbocycles. The minimum atomic E-state index is -4.32. The van der Waals surface area contributed by atoms with Crippen LogP contribution in [0.4, 0.5) is 0 Å². The van der Waals surface area contributed by atoms with Crippen molar-refractivity contribution < 1.29 is 42.1 Å². The number of carbonyl (C=O) groups excluding carboxylic acids is 2. The van der Waals surface area contributed by atoms with Gasteiger partial charge in [0.1, 0.15) is 19.8 Å². The van der Waals surface area contributed by atoms with E-state index in [0.29, 0.717) is 23.9 Å². The summed E-state index contributed by atoms with van der Waals surface area (Å²) in [5.74, 6) is -0.871. The van der Waals surface area contributed by atoms with E-state index in [4.69, 9.17) is 18.5 Å². The van der Waals surface area contributed by atoms with Gasteiger partial charge in [-0.1, -0.05) is 52.4 Å². The minimum Gasteiger partial charge on any atom is -0.462 e. The average molecular weight is 483 g/mol. The van der Waals surface area contributed by atoms with Crippen molar-refractivity contribution in [1.29, 1.82) is 0 Å². The van der Waals surface area contributed by atoms with Crippen LogP contribution in [0.3, 0.4) is 0 Å². The predicted molar refractivity (Wildman–Crippen MR) is 123 cm³/mol. The molecule has 0 amide bonds. The summed E-state index contributed by atoms with van der Waals surface area (Å²) in [6.07, 6.45) is 7.66. The maximum Gasteiger partial charge on any atom is 0.472 e. The molecule has 0 fully saturated rings. The molecule has 0 aromatic carbocycles. The third-order valence-corrected chi connectivity index (χ3v) is 5.59. The van der Waals surface area contributed by atoms with Crippen molar-refractivity contribution in [2.45, 2.75) is 84.2 Å². The first-order chi connectivity index (χ1) is 15.0. The van der Waals surface area contributed by atoms with Crippen molar-refractivity contribution in [1.82, 2.24) is 0 Å². The Balaban J connectivity index is 4.51. The summed E-state index contributed by atoms with van der Waals surface area (Å²) >= 11 is 0. The lowest BCUT2D eigenvalue weighted by molar-refractivity contribution is -0.870. The van der Waals surface area contributed by atoms with Gasteiger partial charge in [0, 0.05) is 12.8 Å². The fourth-order valence-electron chi connectivity index (χ4n) is 2.69. The van der Waals surface area contributed by atoms with Crippen LogP contribution in [0.15, 0.2) is 0 Å². The summed E-state index contributed by atoms with van der Waals surface area (Å²) in [5, 5.41) is 0. The Kier molecular flexibility index (Phi) is 16.9. The summed E-state index contributed by atoms with van der Waals surface area (Å²) in [5.41, 5.74) is 0. The van der Waals surface area contributed by atoms with Crippen LogP contribution in [0, 0.1) is 0 Å². The molecule has 0 aromatic rings. The molecule has 0 radical (unpaired) electrons. The van der Waals surface area contributed by atoms with Crippen molar-refractivity contribution in [3.8, 4) is 0 Å². The number of unbranched alkanes of at least 4 members (excludes halogenated alkanes) is 6. The fraction of sp³-hybridized carbons (Fsp3) is 0.909. The van der Waals surface area contributed by atoms with Gasteiger partial charge in [-0.15, -0.1) is 0 Å². The van der Waals surface area contributed by atoms with E-state index in [1.54, 1.807) is 0 Å². The Bertz CT molecular complexity index is 565. The molecule has 0 rings (SSSR count). The number of nitrogens with zero attached hydrogens (tertiary/aromatic N) is 1. The molecule has 0 saturated carbocycles. The molecule has 1 N–H and O–H groups in total. The van der Waals surface area contributed by atoms with Crippen molar-refractivity contribution in [2.75, 3.05) is 47.5 Å². The van der Waals surface area contributed by atoms with Crippen molar-refractivity contribution in [3.05, 3.63) is 0 Å². The number of esters is 2. The zero-order valence-electron chi connectivity index (χ0n) is 20.7. The Morgan fingerprint density at radius 2 is 1.47 bits per heavy atom. The summed E-state index contributed by atoms with van der Waals surface area (Å²) in [6.45, 7) is 3.92. The van der Waals surface area contributed by atoms with Crippen LogP contribution in [0.25, 0.3) is 0 Å². The highest BCUT2D eigenvalue weighted by atomic mass is 31.2. The van der Waals surface area contributed by atoms with Gasteiger partial charge in [-0.25, -0.2) is 4.57 Å². The normalized spacial score (nSPS) is 14.6. The number of likely N-dealkylation sites (N-methyl/N-ethyl adjacent to an activating group) is 1. The molecule has 2 atom stereocenters. The molecule has 0 saturated heterocycles. The van der Waals surface area contributed by atoms with Crippen LogP contribution < -0.4 is 0 Å². The van der Waals surface area contributed by atoms with Crippen LogP contribution in [-0.2, 0) is 32.7 Å². The van der Waals surface area contributed by atoms with Crippen molar-refractivity contribution >= 4 is 19.8 Å². The summed E-state index contributed by atoms with van der Waals surface area (Å²) < 4.78 is 33.1. The number of ether oxygens (including phenoxy) is 2. The number of quaternary nitrogens is 1. The fourth-order valence-corrected chi connectivity index (χ4v) is 3.44. The molecular formula is C22H45NO8P+. The van der Waals surface area contributed by atoms with Gasteiger partial charge in [0.25, 0.3) is 0 Å². The van der Waals surface area contributed by atoms with Crippen LogP contribution in [0.1, 0.15) is 78.1 Å². The Labute approximate surface area is 193 Å². The number of phosphoric acid groups is 1. The number of carbonyl (C=O) groups is 2. The average Bonchev–Trinajstić information content (AvgIpc) is 2.68. The van der Waals surface area contributed by atoms with Crippen molar-refractivity contribution in [3.63, 3.8) is 0 Å². The Morgan fingerprint density at radius 1 is 0.844 bits per heavy atom. The standard InChI is InChI=1S/C22H44NO8P/c1-6-8-9-10-11-12-13-15-22(25)31-20(18-28-21(24)14-7-2)19-30-32(26,27)29-17-16-23(3,4)5/h20H,6-19H2,1-5H3/p+1. The number of phosphoric ester groups is 1. The lowest BCUT2D eigenvalue weighted by Gasteiger charge is -2.24. The molecule has 0 heterocycles. The van der Waals surface area contributed by atoms with Gasteiger partial charge < -0.3 is 18.9 Å². The number of rotatable bonds is 20. The second-order valence-corrected chi connectivity index (χ2v) is 10.5.